The molecule has 3 amide bonds. The molecule has 2 aromatic carbocycles. The zero-order chi connectivity index (χ0) is 21.1. The van der Waals surface area contributed by atoms with Crippen LogP contribution in [0.15, 0.2) is 54.6 Å². The van der Waals surface area contributed by atoms with Crippen molar-refractivity contribution in [2.45, 2.75) is 32.0 Å². The molecule has 0 fully saturated rings. The predicted molar refractivity (Wildman–Crippen MR) is 107 cm³/mol. The first-order valence-corrected chi connectivity index (χ1v) is 9.14. The van der Waals surface area contributed by atoms with E-state index >= 15 is 0 Å². The van der Waals surface area contributed by atoms with Gasteiger partial charge in [0, 0.05) is 13.0 Å². The number of alkyl carbamates (subject to hydrolysis) is 1. The SMILES string of the molecule is COc1cccc(CNC(=O)[C@@H](CCC(N)=O)NC(=O)OCc2ccccc2)c1. The molecule has 0 aliphatic rings. The summed E-state index contributed by atoms with van der Waals surface area (Å²) in [6, 6.07) is 15.4. The summed E-state index contributed by atoms with van der Waals surface area (Å²) < 4.78 is 10.3. The molecule has 1 atom stereocenters. The zero-order valence-electron chi connectivity index (χ0n) is 16.2. The molecule has 0 bridgehead atoms. The van der Waals surface area contributed by atoms with Crippen LogP contribution in [0.5, 0.6) is 5.75 Å². The summed E-state index contributed by atoms with van der Waals surface area (Å²) >= 11 is 0. The second kappa shape index (κ2) is 11.3. The highest BCUT2D eigenvalue weighted by Gasteiger charge is 2.22. The Bertz CT molecular complexity index is 826. The number of methoxy groups -OCH3 is 1. The lowest BCUT2D eigenvalue weighted by Gasteiger charge is -2.18. The maximum absolute atomic E-state index is 12.5. The third kappa shape index (κ3) is 7.92. The molecule has 0 saturated heterocycles. The van der Waals surface area contributed by atoms with Crippen molar-refractivity contribution in [2.75, 3.05) is 7.11 Å². The van der Waals surface area contributed by atoms with Gasteiger partial charge in [-0.1, -0.05) is 42.5 Å². The fourth-order valence-electron chi connectivity index (χ4n) is 2.56. The van der Waals surface area contributed by atoms with Crippen LogP contribution >= 0.6 is 0 Å². The van der Waals surface area contributed by atoms with Gasteiger partial charge in [-0.2, -0.15) is 0 Å². The lowest BCUT2D eigenvalue weighted by atomic mass is 10.1. The smallest absolute Gasteiger partial charge is 0.408 e. The second-order valence-corrected chi connectivity index (χ2v) is 6.33. The van der Waals surface area contributed by atoms with Gasteiger partial charge in [-0.05, 0) is 29.7 Å². The first-order valence-electron chi connectivity index (χ1n) is 9.14. The molecular formula is C21H25N3O5. The molecule has 0 heterocycles. The first-order chi connectivity index (χ1) is 14.0. The van der Waals surface area contributed by atoms with E-state index in [1.165, 1.54) is 0 Å². The van der Waals surface area contributed by atoms with Gasteiger partial charge in [0.05, 0.1) is 7.11 Å². The number of ether oxygens (including phenoxy) is 2. The molecule has 0 saturated carbocycles. The van der Waals surface area contributed by atoms with E-state index in [-0.39, 0.29) is 26.0 Å². The van der Waals surface area contributed by atoms with Crippen molar-refractivity contribution in [2.24, 2.45) is 5.73 Å². The normalized spacial score (nSPS) is 11.2. The summed E-state index contributed by atoms with van der Waals surface area (Å²) in [5, 5.41) is 5.23. The summed E-state index contributed by atoms with van der Waals surface area (Å²) in [4.78, 5) is 35.7. The van der Waals surface area contributed by atoms with Crippen molar-refractivity contribution >= 4 is 17.9 Å². The topological polar surface area (TPSA) is 120 Å². The van der Waals surface area contributed by atoms with Gasteiger partial charge >= 0.3 is 6.09 Å². The van der Waals surface area contributed by atoms with Crippen LogP contribution in [0.1, 0.15) is 24.0 Å². The van der Waals surface area contributed by atoms with Crippen LogP contribution in [-0.2, 0) is 27.5 Å². The molecule has 0 aromatic heterocycles. The third-order valence-electron chi connectivity index (χ3n) is 4.10. The first kappa shape index (κ1) is 21.7. The van der Waals surface area contributed by atoms with Gasteiger partial charge in [-0.15, -0.1) is 0 Å². The van der Waals surface area contributed by atoms with Gasteiger partial charge in [-0.3, -0.25) is 9.59 Å². The predicted octanol–water partition coefficient (Wildman–Crippen LogP) is 1.87. The number of carbonyl (C=O) groups excluding carboxylic acids is 3. The van der Waals surface area contributed by atoms with E-state index in [1.807, 2.05) is 42.5 Å². The van der Waals surface area contributed by atoms with Gasteiger partial charge in [0.25, 0.3) is 0 Å². The average Bonchev–Trinajstić information content (AvgIpc) is 2.74. The van der Waals surface area contributed by atoms with Crippen molar-refractivity contribution in [1.82, 2.24) is 10.6 Å². The van der Waals surface area contributed by atoms with Crippen LogP contribution < -0.4 is 21.1 Å². The average molecular weight is 399 g/mol. The van der Waals surface area contributed by atoms with Crippen LogP contribution in [0, 0.1) is 0 Å². The molecule has 2 aromatic rings. The van der Waals surface area contributed by atoms with Crippen molar-refractivity contribution in [1.29, 1.82) is 0 Å². The van der Waals surface area contributed by atoms with Gasteiger partial charge in [0.15, 0.2) is 0 Å². The number of carbonyl (C=O) groups is 3. The third-order valence-corrected chi connectivity index (χ3v) is 4.10. The molecule has 2 rings (SSSR count). The molecule has 0 spiro atoms. The number of hydrogen-bond donors (Lipinski definition) is 3. The number of nitrogens with one attached hydrogen (secondary N) is 2. The standard InChI is InChI=1S/C21H25N3O5/c1-28-17-9-5-8-16(12-17)13-23-20(26)18(10-11-19(22)25)24-21(27)29-14-15-6-3-2-4-7-15/h2-9,12,18H,10-11,13-14H2,1H3,(H2,22,25)(H,23,26)(H,24,27)/t18-/m1/s1. The number of rotatable bonds is 10. The van der Waals surface area contributed by atoms with Crippen LogP contribution in [0.2, 0.25) is 0 Å². The van der Waals surface area contributed by atoms with Crippen LogP contribution in [0.4, 0.5) is 4.79 Å². The summed E-state index contributed by atoms with van der Waals surface area (Å²) in [7, 11) is 1.56. The molecule has 0 aliphatic heterocycles. The fraction of sp³-hybridized carbons (Fsp3) is 0.286. The van der Waals surface area contributed by atoms with Crippen molar-refractivity contribution in [3.63, 3.8) is 0 Å². The Hall–Kier alpha value is -3.55. The highest BCUT2D eigenvalue weighted by Crippen LogP contribution is 2.12. The number of benzene rings is 2. The molecular weight excluding hydrogens is 374 g/mol. The minimum atomic E-state index is -0.948. The number of nitrogens with two attached hydrogens (primary N) is 1. The maximum Gasteiger partial charge on any atom is 0.408 e. The van der Waals surface area contributed by atoms with Crippen molar-refractivity contribution < 1.29 is 23.9 Å². The second-order valence-electron chi connectivity index (χ2n) is 6.33. The quantitative estimate of drug-likeness (QED) is 0.563. The molecule has 29 heavy (non-hydrogen) atoms. The Labute approximate surface area is 169 Å². The number of primary amides is 1. The molecule has 8 heteroatoms. The Kier molecular flexibility index (Phi) is 8.50. The van der Waals surface area contributed by atoms with Crippen molar-refractivity contribution in [3.05, 3.63) is 65.7 Å². The van der Waals surface area contributed by atoms with E-state index in [2.05, 4.69) is 10.6 Å². The van der Waals surface area contributed by atoms with E-state index in [9.17, 15) is 14.4 Å². The summed E-state index contributed by atoms with van der Waals surface area (Å²) in [6.07, 6.45) is -0.726. The van der Waals surface area contributed by atoms with E-state index < -0.39 is 23.9 Å². The number of hydrogen-bond acceptors (Lipinski definition) is 5. The number of amides is 3. The van der Waals surface area contributed by atoms with Gasteiger partial charge < -0.3 is 25.8 Å². The Morgan fingerprint density at radius 3 is 2.45 bits per heavy atom. The lowest BCUT2D eigenvalue weighted by molar-refractivity contribution is -0.123. The largest absolute Gasteiger partial charge is 0.497 e. The highest BCUT2D eigenvalue weighted by atomic mass is 16.5. The molecule has 4 N–H and O–H groups in total. The molecule has 8 nitrogen and oxygen atoms in total. The Morgan fingerprint density at radius 2 is 1.76 bits per heavy atom. The lowest BCUT2D eigenvalue weighted by Crippen LogP contribution is -2.47. The summed E-state index contributed by atoms with van der Waals surface area (Å²) in [5.41, 5.74) is 6.82. The van der Waals surface area contributed by atoms with Crippen LogP contribution in [0.3, 0.4) is 0 Å². The van der Waals surface area contributed by atoms with E-state index in [0.717, 1.165) is 11.1 Å². The van der Waals surface area contributed by atoms with Crippen molar-refractivity contribution in [3.8, 4) is 5.75 Å². The van der Waals surface area contributed by atoms with E-state index in [0.29, 0.717) is 5.75 Å². The van der Waals surface area contributed by atoms with E-state index in [1.54, 1.807) is 19.2 Å². The minimum Gasteiger partial charge on any atom is -0.497 e. The maximum atomic E-state index is 12.5. The van der Waals surface area contributed by atoms with Crippen LogP contribution in [-0.4, -0.2) is 31.1 Å². The highest BCUT2D eigenvalue weighted by molar-refractivity contribution is 5.86. The van der Waals surface area contributed by atoms with E-state index in [4.69, 9.17) is 15.2 Å². The molecule has 0 aliphatic carbocycles. The van der Waals surface area contributed by atoms with Gasteiger partial charge in [0.2, 0.25) is 11.8 Å². The van der Waals surface area contributed by atoms with Crippen LogP contribution in [0.25, 0.3) is 0 Å². The van der Waals surface area contributed by atoms with Gasteiger partial charge in [0.1, 0.15) is 18.4 Å². The molecule has 0 radical (unpaired) electrons. The molecule has 154 valence electrons. The minimum absolute atomic E-state index is 0.0454. The Balaban J connectivity index is 1.91. The Morgan fingerprint density at radius 1 is 1.03 bits per heavy atom. The summed E-state index contributed by atoms with van der Waals surface area (Å²) in [5.74, 6) is -0.328. The van der Waals surface area contributed by atoms with Gasteiger partial charge in [-0.25, -0.2) is 4.79 Å². The zero-order valence-corrected chi connectivity index (χ0v) is 16.2. The molecule has 0 unspecified atom stereocenters. The summed E-state index contributed by atoms with van der Waals surface area (Å²) in [6.45, 7) is 0.310. The fourth-order valence-corrected chi connectivity index (χ4v) is 2.56. The monoisotopic (exact) mass is 399 g/mol.